The molecule has 1 heteroatoms. The van der Waals surface area contributed by atoms with Crippen LogP contribution in [0.1, 0.15) is 33.4 Å². The Bertz CT molecular complexity index is 1680. The number of aryl methyl sites for hydroxylation is 2. The van der Waals surface area contributed by atoms with Crippen molar-refractivity contribution in [2.24, 2.45) is 0 Å². The lowest BCUT2D eigenvalue weighted by Gasteiger charge is -2.06. The highest BCUT2D eigenvalue weighted by molar-refractivity contribution is 5.87. The number of hydrogen-bond acceptors (Lipinski definition) is 1. The molecule has 0 N–H and O–H groups in total. The number of rotatable bonds is 6. The van der Waals surface area contributed by atoms with Crippen LogP contribution in [0.2, 0.25) is 0 Å². The molecule has 0 aliphatic rings. The van der Waals surface area contributed by atoms with Crippen molar-refractivity contribution >= 4 is 45.8 Å². The van der Waals surface area contributed by atoms with E-state index in [4.69, 9.17) is 4.74 Å². The van der Waals surface area contributed by atoms with E-state index >= 15 is 0 Å². The standard InChI is InChI=1S/C38H30O/c1-27-3-15-35-25-31(9-17-33(35)23-27)7-5-29-11-19-37(20-12-29)39-38-21-13-30(14-22-38)6-8-32-10-18-34-24-28(2)4-16-36(34)26-32/h3-26H,1-2H3. The lowest BCUT2D eigenvalue weighted by atomic mass is 10.0. The van der Waals surface area contributed by atoms with Gasteiger partial charge in [-0.1, -0.05) is 120 Å². The molecule has 6 rings (SSSR count). The Hall–Kier alpha value is -4.88. The first-order chi connectivity index (χ1) is 19.1. The van der Waals surface area contributed by atoms with Gasteiger partial charge in [-0.05, 0) is 94.0 Å². The summed E-state index contributed by atoms with van der Waals surface area (Å²) in [6.07, 6.45) is 8.58. The summed E-state index contributed by atoms with van der Waals surface area (Å²) in [6.45, 7) is 4.25. The molecule has 0 atom stereocenters. The van der Waals surface area contributed by atoms with E-state index in [1.807, 2.05) is 24.3 Å². The number of hydrogen-bond donors (Lipinski definition) is 0. The van der Waals surface area contributed by atoms with Gasteiger partial charge in [0.2, 0.25) is 0 Å². The largest absolute Gasteiger partial charge is 0.457 e. The van der Waals surface area contributed by atoms with Crippen LogP contribution in [0.5, 0.6) is 11.5 Å². The molecule has 6 aromatic carbocycles. The fourth-order valence-corrected chi connectivity index (χ4v) is 4.79. The Kier molecular flexibility index (Phi) is 6.80. The highest BCUT2D eigenvalue weighted by atomic mass is 16.5. The first-order valence-electron chi connectivity index (χ1n) is 13.3. The average Bonchev–Trinajstić information content (AvgIpc) is 2.96. The number of ether oxygens (including phenoxy) is 1. The summed E-state index contributed by atoms with van der Waals surface area (Å²) < 4.78 is 6.08. The first-order valence-corrected chi connectivity index (χ1v) is 13.3. The molecule has 0 heterocycles. The van der Waals surface area contributed by atoms with Gasteiger partial charge in [0.1, 0.15) is 11.5 Å². The van der Waals surface area contributed by atoms with Gasteiger partial charge in [0.05, 0.1) is 0 Å². The number of benzene rings is 6. The maximum Gasteiger partial charge on any atom is 0.127 e. The third-order valence-corrected chi connectivity index (χ3v) is 6.97. The van der Waals surface area contributed by atoms with Crippen LogP contribution in [-0.4, -0.2) is 0 Å². The Morgan fingerprint density at radius 2 is 0.692 bits per heavy atom. The summed E-state index contributed by atoms with van der Waals surface area (Å²) in [5, 5.41) is 5.07. The van der Waals surface area contributed by atoms with Crippen LogP contribution in [0.4, 0.5) is 0 Å². The van der Waals surface area contributed by atoms with Crippen LogP contribution in [0.25, 0.3) is 45.8 Å². The van der Waals surface area contributed by atoms with Gasteiger partial charge >= 0.3 is 0 Å². The molecule has 188 valence electrons. The normalized spacial score (nSPS) is 11.6. The third-order valence-electron chi connectivity index (χ3n) is 6.97. The smallest absolute Gasteiger partial charge is 0.127 e. The summed E-state index contributed by atoms with van der Waals surface area (Å²) >= 11 is 0. The summed E-state index contributed by atoms with van der Waals surface area (Å²) in [6, 6.07) is 42.6. The second kappa shape index (κ2) is 10.8. The minimum absolute atomic E-state index is 0.822. The molecule has 0 fully saturated rings. The molecule has 0 aromatic heterocycles. The lowest BCUT2D eigenvalue weighted by molar-refractivity contribution is 0.482. The van der Waals surface area contributed by atoms with E-state index < -0.39 is 0 Å². The van der Waals surface area contributed by atoms with Crippen LogP contribution in [0.3, 0.4) is 0 Å². The highest BCUT2D eigenvalue weighted by Crippen LogP contribution is 2.25. The van der Waals surface area contributed by atoms with Crippen molar-refractivity contribution in [3.05, 3.63) is 155 Å². The molecule has 0 bridgehead atoms. The molecule has 0 aliphatic heterocycles. The van der Waals surface area contributed by atoms with E-state index in [-0.39, 0.29) is 0 Å². The van der Waals surface area contributed by atoms with E-state index in [0.717, 1.165) is 22.6 Å². The van der Waals surface area contributed by atoms with Gasteiger partial charge in [0, 0.05) is 0 Å². The van der Waals surface area contributed by atoms with Gasteiger partial charge in [0.25, 0.3) is 0 Å². The molecule has 6 aromatic rings. The fourth-order valence-electron chi connectivity index (χ4n) is 4.79. The average molecular weight is 503 g/mol. The summed E-state index contributed by atoms with van der Waals surface area (Å²) in [7, 11) is 0. The first kappa shape index (κ1) is 24.5. The van der Waals surface area contributed by atoms with Crippen molar-refractivity contribution in [2.75, 3.05) is 0 Å². The zero-order valence-electron chi connectivity index (χ0n) is 22.3. The monoisotopic (exact) mass is 502 g/mol. The van der Waals surface area contributed by atoms with Crippen LogP contribution in [0.15, 0.2) is 121 Å². The summed E-state index contributed by atoms with van der Waals surface area (Å²) in [5.74, 6) is 1.64. The molecular formula is C38H30O. The van der Waals surface area contributed by atoms with Gasteiger partial charge in [-0.2, -0.15) is 0 Å². The Morgan fingerprint density at radius 1 is 0.359 bits per heavy atom. The van der Waals surface area contributed by atoms with Crippen molar-refractivity contribution in [3.63, 3.8) is 0 Å². The lowest BCUT2D eigenvalue weighted by Crippen LogP contribution is -1.84. The highest BCUT2D eigenvalue weighted by Gasteiger charge is 2.00. The van der Waals surface area contributed by atoms with Gasteiger partial charge in [-0.25, -0.2) is 0 Å². The van der Waals surface area contributed by atoms with Crippen LogP contribution in [0, 0.1) is 13.8 Å². The van der Waals surface area contributed by atoms with E-state index in [9.17, 15) is 0 Å². The molecule has 0 saturated carbocycles. The van der Waals surface area contributed by atoms with Gasteiger partial charge in [0.15, 0.2) is 0 Å². The SMILES string of the molecule is Cc1ccc2cc(C=Cc3ccc(Oc4ccc(C=Cc5ccc6cc(C)ccc6c5)cc4)cc3)ccc2c1. The quantitative estimate of drug-likeness (QED) is 0.206. The molecule has 0 unspecified atom stereocenters. The second-order valence-electron chi connectivity index (χ2n) is 10.1. The van der Waals surface area contributed by atoms with Crippen LogP contribution >= 0.6 is 0 Å². The van der Waals surface area contributed by atoms with Crippen molar-refractivity contribution in [2.45, 2.75) is 13.8 Å². The zero-order valence-corrected chi connectivity index (χ0v) is 22.3. The van der Waals surface area contributed by atoms with E-state index in [1.165, 1.54) is 43.8 Å². The van der Waals surface area contributed by atoms with Crippen molar-refractivity contribution in [1.82, 2.24) is 0 Å². The maximum absolute atomic E-state index is 6.08. The minimum atomic E-state index is 0.822. The molecule has 0 saturated heterocycles. The van der Waals surface area contributed by atoms with E-state index in [0.29, 0.717) is 0 Å². The topological polar surface area (TPSA) is 9.23 Å². The summed E-state index contributed by atoms with van der Waals surface area (Å²) in [5.41, 5.74) is 7.22. The minimum Gasteiger partial charge on any atom is -0.457 e. The predicted octanol–water partition coefficient (Wildman–Crippen LogP) is 10.7. The van der Waals surface area contributed by atoms with Crippen LogP contribution in [-0.2, 0) is 0 Å². The Morgan fingerprint density at radius 3 is 1.13 bits per heavy atom. The molecule has 1 nitrogen and oxygen atoms in total. The Balaban J connectivity index is 1.08. The molecule has 0 aliphatic carbocycles. The van der Waals surface area contributed by atoms with Gasteiger partial charge in [-0.3, -0.25) is 0 Å². The maximum atomic E-state index is 6.08. The summed E-state index contributed by atoms with van der Waals surface area (Å²) in [4.78, 5) is 0. The van der Waals surface area contributed by atoms with Crippen molar-refractivity contribution < 1.29 is 4.74 Å². The molecule has 0 amide bonds. The predicted molar refractivity (Wildman–Crippen MR) is 168 cm³/mol. The molecule has 0 radical (unpaired) electrons. The zero-order chi connectivity index (χ0) is 26.6. The molecular weight excluding hydrogens is 472 g/mol. The Labute approximate surface area is 230 Å². The third kappa shape index (κ3) is 6.00. The van der Waals surface area contributed by atoms with E-state index in [2.05, 4.69) is 135 Å². The van der Waals surface area contributed by atoms with Crippen molar-refractivity contribution in [1.29, 1.82) is 0 Å². The molecule has 0 spiro atoms. The van der Waals surface area contributed by atoms with Gasteiger partial charge < -0.3 is 4.74 Å². The molecule has 39 heavy (non-hydrogen) atoms. The number of fused-ring (bicyclic) bond motifs is 2. The second-order valence-corrected chi connectivity index (χ2v) is 10.1. The van der Waals surface area contributed by atoms with Crippen molar-refractivity contribution in [3.8, 4) is 11.5 Å². The van der Waals surface area contributed by atoms with E-state index in [1.54, 1.807) is 0 Å². The fraction of sp³-hybridized carbons (Fsp3) is 0.0526. The van der Waals surface area contributed by atoms with Crippen LogP contribution < -0.4 is 4.74 Å². The van der Waals surface area contributed by atoms with Gasteiger partial charge in [-0.15, -0.1) is 0 Å².